The van der Waals surface area contributed by atoms with Crippen LogP contribution < -0.4 is 5.32 Å². The van der Waals surface area contributed by atoms with Crippen LogP contribution in [0.4, 0.5) is 4.39 Å². The van der Waals surface area contributed by atoms with Crippen LogP contribution in [0.25, 0.3) is 0 Å². The molecule has 0 aliphatic carbocycles. The molecule has 102 valence electrons. The molecular weight excluding hydrogens is 293 g/mol. The first-order valence-corrected chi connectivity index (χ1v) is 7.55. The molecule has 0 aliphatic heterocycles. The van der Waals surface area contributed by atoms with E-state index in [0.29, 0.717) is 6.04 Å². The highest BCUT2D eigenvalue weighted by atomic mass is 79.9. The first kappa shape index (κ1) is 15.6. The lowest BCUT2D eigenvalue weighted by Crippen LogP contribution is -2.29. The third-order valence-corrected chi connectivity index (χ3v) is 3.70. The molecule has 1 nitrogen and oxygen atoms in total. The molecule has 0 saturated heterocycles. The second kappa shape index (κ2) is 7.90. The number of unbranched alkanes of at least 4 members (excludes halogenated alkanes) is 2. The molecule has 0 radical (unpaired) electrons. The van der Waals surface area contributed by atoms with Gasteiger partial charge in [-0.2, -0.15) is 0 Å². The Morgan fingerprint density at radius 1 is 1.28 bits per heavy atom. The van der Waals surface area contributed by atoms with Gasteiger partial charge in [-0.15, -0.1) is 0 Å². The third-order valence-electron chi connectivity index (χ3n) is 3.20. The Bertz CT molecular complexity index is 368. The van der Waals surface area contributed by atoms with Crippen LogP contribution in [0, 0.1) is 5.82 Å². The summed E-state index contributed by atoms with van der Waals surface area (Å²) >= 11 is 3.28. The second-order valence-electron chi connectivity index (χ2n) is 4.95. The lowest BCUT2D eigenvalue weighted by Gasteiger charge is -2.21. The van der Waals surface area contributed by atoms with Crippen molar-refractivity contribution in [2.75, 3.05) is 0 Å². The molecule has 0 amide bonds. The minimum Gasteiger partial charge on any atom is -0.308 e. The Labute approximate surface area is 118 Å². The zero-order valence-electron chi connectivity index (χ0n) is 11.5. The molecule has 0 saturated carbocycles. The summed E-state index contributed by atoms with van der Waals surface area (Å²) in [6, 6.07) is 5.73. The minimum absolute atomic E-state index is 0.0507. The van der Waals surface area contributed by atoms with E-state index in [2.05, 4.69) is 35.1 Å². The van der Waals surface area contributed by atoms with Gasteiger partial charge in [0.25, 0.3) is 0 Å². The fourth-order valence-corrected chi connectivity index (χ4v) is 2.49. The SMILES string of the molecule is CCCCCC(C)NC(C)c1ccc(Br)cc1F. The van der Waals surface area contributed by atoms with E-state index in [1.165, 1.54) is 25.3 Å². The Balaban J connectivity index is 2.51. The van der Waals surface area contributed by atoms with Crippen LogP contribution >= 0.6 is 15.9 Å². The van der Waals surface area contributed by atoms with Gasteiger partial charge in [0, 0.05) is 22.1 Å². The van der Waals surface area contributed by atoms with Crippen molar-refractivity contribution in [3.8, 4) is 0 Å². The highest BCUT2D eigenvalue weighted by Gasteiger charge is 2.13. The van der Waals surface area contributed by atoms with E-state index < -0.39 is 0 Å². The van der Waals surface area contributed by atoms with Crippen molar-refractivity contribution in [2.24, 2.45) is 0 Å². The maximum absolute atomic E-state index is 13.8. The van der Waals surface area contributed by atoms with Crippen molar-refractivity contribution in [1.82, 2.24) is 5.32 Å². The Morgan fingerprint density at radius 2 is 2.00 bits per heavy atom. The Kier molecular flexibility index (Phi) is 6.87. The van der Waals surface area contributed by atoms with Crippen molar-refractivity contribution in [1.29, 1.82) is 0 Å². The normalized spacial score (nSPS) is 14.5. The molecule has 2 atom stereocenters. The lowest BCUT2D eigenvalue weighted by molar-refractivity contribution is 0.430. The van der Waals surface area contributed by atoms with Crippen molar-refractivity contribution >= 4 is 15.9 Å². The number of benzene rings is 1. The average molecular weight is 316 g/mol. The van der Waals surface area contributed by atoms with Gasteiger partial charge in [0.15, 0.2) is 0 Å². The molecule has 0 spiro atoms. The van der Waals surface area contributed by atoms with Crippen LogP contribution in [0.15, 0.2) is 22.7 Å². The number of hydrogen-bond acceptors (Lipinski definition) is 1. The fourth-order valence-electron chi connectivity index (χ4n) is 2.15. The van der Waals surface area contributed by atoms with E-state index in [-0.39, 0.29) is 11.9 Å². The smallest absolute Gasteiger partial charge is 0.129 e. The standard InChI is InChI=1S/C15H23BrFN/c1-4-5-6-7-11(2)18-12(3)14-9-8-13(16)10-15(14)17/h8-12,18H,4-7H2,1-3H3. The third kappa shape index (κ3) is 5.07. The minimum atomic E-state index is -0.148. The number of halogens is 2. The summed E-state index contributed by atoms with van der Waals surface area (Å²) in [7, 11) is 0. The van der Waals surface area contributed by atoms with Crippen molar-refractivity contribution < 1.29 is 4.39 Å². The summed E-state index contributed by atoms with van der Waals surface area (Å²) in [6.07, 6.45) is 4.90. The van der Waals surface area contributed by atoms with E-state index in [1.54, 1.807) is 0 Å². The topological polar surface area (TPSA) is 12.0 Å². The van der Waals surface area contributed by atoms with E-state index in [4.69, 9.17) is 0 Å². The van der Waals surface area contributed by atoms with Crippen LogP contribution in [0.3, 0.4) is 0 Å². The number of nitrogens with one attached hydrogen (secondary N) is 1. The van der Waals surface area contributed by atoms with E-state index >= 15 is 0 Å². The summed E-state index contributed by atoms with van der Waals surface area (Å²) in [5, 5.41) is 3.46. The summed E-state index contributed by atoms with van der Waals surface area (Å²) in [4.78, 5) is 0. The van der Waals surface area contributed by atoms with Crippen molar-refractivity contribution in [3.63, 3.8) is 0 Å². The van der Waals surface area contributed by atoms with Gasteiger partial charge in [0.05, 0.1) is 0 Å². The average Bonchev–Trinajstić information content (AvgIpc) is 2.28. The zero-order chi connectivity index (χ0) is 13.5. The molecular formula is C15H23BrFN. The van der Waals surface area contributed by atoms with Crippen LogP contribution in [0.1, 0.15) is 58.1 Å². The fraction of sp³-hybridized carbons (Fsp3) is 0.600. The molecule has 1 aromatic carbocycles. The highest BCUT2D eigenvalue weighted by Crippen LogP contribution is 2.21. The first-order valence-electron chi connectivity index (χ1n) is 6.75. The second-order valence-corrected chi connectivity index (χ2v) is 5.87. The molecule has 0 bridgehead atoms. The van der Waals surface area contributed by atoms with Crippen LogP contribution in [-0.2, 0) is 0 Å². The van der Waals surface area contributed by atoms with Gasteiger partial charge in [-0.1, -0.05) is 48.2 Å². The zero-order valence-corrected chi connectivity index (χ0v) is 13.1. The molecule has 1 aromatic rings. The van der Waals surface area contributed by atoms with Crippen LogP contribution in [0.5, 0.6) is 0 Å². The number of hydrogen-bond donors (Lipinski definition) is 1. The predicted octanol–water partition coefficient (Wildman–Crippen LogP) is 5.21. The Hall–Kier alpha value is -0.410. The van der Waals surface area contributed by atoms with Crippen LogP contribution in [0.2, 0.25) is 0 Å². The summed E-state index contributed by atoms with van der Waals surface area (Å²) in [6.45, 7) is 6.39. The quantitative estimate of drug-likeness (QED) is 0.681. The van der Waals surface area contributed by atoms with E-state index in [9.17, 15) is 4.39 Å². The van der Waals surface area contributed by atoms with Crippen molar-refractivity contribution in [2.45, 2.75) is 58.5 Å². The molecule has 1 N–H and O–H groups in total. The number of rotatable bonds is 7. The molecule has 0 heterocycles. The Morgan fingerprint density at radius 3 is 2.61 bits per heavy atom. The van der Waals surface area contributed by atoms with E-state index in [0.717, 1.165) is 16.5 Å². The maximum atomic E-state index is 13.8. The summed E-state index contributed by atoms with van der Waals surface area (Å²) < 4.78 is 14.6. The van der Waals surface area contributed by atoms with Gasteiger partial charge in [-0.05, 0) is 32.4 Å². The first-order chi connectivity index (χ1) is 8.54. The van der Waals surface area contributed by atoms with Gasteiger partial charge < -0.3 is 5.32 Å². The monoisotopic (exact) mass is 315 g/mol. The highest BCUT2D eigenvalue weighted by molar-refractivity contribution is 9.10. The molecule has 0 aliphatic rings. The molecule has 1 rings (SSSR count). The molecule has 0 aromatic heterocycles. The van der Waals surface area contributed by atoms with E-state index in [1.807, 2.05) is 19.1 Å². The molecule has 3 heteroatoms. The van der Waals surface area contributed by atoms with Gasteiger partial charge >= 0.3 is 0 Å². The predicted molar refractivity (Wildman–Crippen MR) is 79.3 cm³/mol. The largest absolute Gasteiger partial charge is 0.308 e. The van der Waals surface area contributed by atoms with Gasteiger partial charge in [0.1, 0.15) is 5.82 Å². The molecule has 18 heavy (non-hydrogen) atoms. The summed E-state index contributed by atoms with van der Waals surface area (Å²) in [5.74, 6) is -0.148. The van der Waals surface area contributed by atoms with Gasteiger partial charge in [0.2, 0.25) is 0 Å². The lowest BCUT2D eigenvalue weighted by atomic mass is 10.0. The molecule has 0 fully saturated rings. The summed E-state index contributed by atoms with van der Waals surface area (Å²) in [5.41, 5.74) is 0.737. The van der Waals surface area contributed by atoms with Crippen LogP contribution in [-0.4, -0.2) is 6.04 Å². The van der Waals surface area contributed by atoms with Gasteiger partial charge in [-0.25, -0.2) is 4.39 Å². The maximum Gasteiger partial charge on any atom is 0.129 e. The van der Waals surface area contributed by atoms with Gasteiger partial charge in [-0.3, -0.25) is 0 Å². The molecule has 2 unspecified atom stereocenters. The van der Waals surface area contributed by atoms with Crippen molar-refractivity contribution in [3.05, 3.63) is 34.1 Å².